The van der Waals surface area contributed by atoms with E-state index in [0.717, 1.165) is 24.9 Å². The molecule has 1 aromatic carbocycles. The molecule has 1 N–H and O–H groups in total. The van der Waals surface area contributed by atoms with Gasteiger partial charge in [-0.3, -0.25) is 0 Å². The highest BCUT2D eigenvalue weighted by molar-refractivity contribution is 7.89. The summed E-state index contributed by atoms with van der Waals surface area (Å²) in [6, 6.07) is 7.02. The van der Waals surface area contributed by atoms with Crippen molar-refractivity contribution in [1.29, 1.82) is 0 Å². The molecular formula is C15H25ClN2O3S. The van der Waals surface area contributed by atoms with Crippen molar-refractivity contribution in [3.63, 3.8) is 0 Å². The van der Waals surface area contributed by atoms with Crippen molar-refractivity contribution in [2.45, 2.75) is 24.3 Å². The van der Waals surface area contributed by atoms with E-state index >= 15 is 0 Å². The zero-order valence-corrected chi connectivity index (χ0v) is 14.8. The van der Waals surface area contributed by atoms with E-state index in [1.807, 2.05) is 13.1 Å². The number of nitrogens with one attached hydrogen (secondary N) is 1. The average molecular weight is 349 g/mol. The smallest absolute Gasteiger partial charge is 0.243 e. The van der Waals surface area contributed by atoms with Crippen LogP contribution in [-0.2, 0) is 21.4 Å². The first-order valence-electron chi connectivity index (χ1n) is 7.30. The molecule has 1 saturated heterocycles. The lowest BCUT2D eigenvalue weighted by atomic mass is 9.98. The summed E-state index contributed by atoms with van der Waals surface area (Å²) in [5, 5.41) is 3.16. The number of hydrogen-bond donors (Lipinski definition) is 1. The summed E-state index contributed by atoms with van der Waals surface area (Å²) < 4.78 is 32.0. The zero-order valence-electron chi connectivity index (χ0n) is 13.1. The van der Waals surface area contributed by atoms with Gasteiger partial charge >= 0.3 is 0 Å². The number of piperidine rings is 1. The fourth-order valence-corrected chi connectivity index (χ4v) is 4.29. The van der Waals surface area contributed by atoms with E-state index in [-0.39, 0.29) is 12.4 Å². The van der Waals surface area contributed by atoms with Crippen molar-refractivity contribution in [2.24, 2.45) is 5.92 Å². The van der Waals surface area contributed by atoms with E-state index < -0.39 is 10.0 Å². The van der Waals surface area contributed by atoms with E-state index in [9.17, 15) is 8.42 Å². The number of ether oxygens (including phenoxy) is 1. The van der Waals surface area contributed by atoms with E-state index in [1.165, 1.54) is 0 Å². The first-order valence-corrected chi connectivity index (χ1v) is 8.74. The number of sulfonamides is 1. The maximum absolute atomic E-state index is 12.7. The maximum Gasteiger partial charge on any atom is 0.243 e. The van der Waals surface area contributed by atoms with Crippen molar-refractivity contribution in [2.75, 3.05) is 33.8 Å². The monoisotopic (exact) mass is 348 g/mol. The summed E-state index contributed by atoms with van der Waals surface area (Å²) >= 11 is 0. The van der Waals surface area contributed by atoms with Crippen LogP contribution >= 0.6 is 12.4 Å². The number of nitrogens with zero attached hydrogens (tertiary/aromatic N) is 1. The summed E-state index contributed by atoms with van der Waals surface area (Å²) in [6.07, 6.45) is 1.83. The molecule has 1 fully saturated rings. The third kappa shape index (κ3) is 4.67. The van der Waals surface area contributed by atoms with Gasteiger partial charge in [0.05, 0.1) is 11.5 Å². The van der Waals surface area contributed by atoms with E-state index in [4.69, 9.17) is 4.74 Å². The Labute approximate surface area is 139 Å². The van der Waals surface area contributed by atoms with Gasteiger partial charge in [0.25, 0.3) is 0 Å². The largest absolute Gasteiger partial charge is 0.380 e. The number of methoxy groups -OCH3 is 1. The lowest BCUT2D eigenvalue weighted by Gasteiger charge is -2.31. The van der Waals surface area contributed by atoms with Crippen molar-refractivity contribution < 1.29 is 13.2 Å². The van der Waals surface area contributed by atoms with Crippen LogP contribution in [0.1, 0.15) is 18.4 Å². The number of rotatable bonds is 6. The standard InChI is InChI=1S/C15H24N2O3S.ClH/c1-16-11-13-6-8-17(9-7-13)21(18,19)15-5-3-4-14(10-15)12-20-2;/h3-5,10,13,16H,6-9,11-12H2,1-2H3;1H. The Morgan fingerprint density at radius 1 is 1.32 bits per heavy atom. The maximum atomic E-state index is 12.7. The average Bonchev–Trinajstić information content (AvgIpc) is 2.49. The Balaban J connectivity index is 0.00000242. The van der Waals surface area contributed by atoms with Crippen LogP contribution in [0.5, 0.6) is 0 Å². The molecule has 0 unspecified atom stereocenters. The van der Waals surface area contributed by atoms with Gasteiger partial charge in [-0.05, 0) is 50.0 Å². The Morgan fingerprint density at radius 3 is 2.59 bits per heavy atom. The molecule has 22 heavy (non-hydrogen) atoms. The summed E-state index contributed by atoms with van der Waals surface area (Å²) in [6.45, 7) is 2.58. The van der Waals surface area contributed by atoms with E-state index in [2.05, 4.69) is 5.32 Å². The molecule has 126 valence electrons. The second-order valence-electron chi connectivity index (χ2n) is 5.49. The summed E-state index contributed by atoms with van der Waals surface area (Å²) in [7, 11) is 0.156. The first kappa shape index (κ1) is 19.4. The normalized spacial score (nSPS) is 17.2. The minimum Gasteiger partial charge on any atom is -0.380 e. The molecule has 1 aliphatic rings. The Hall–Kier alpha value is -0.660. The molecule has 0 aromatic heterocycles. The third-order valence-corrected chi connectivity index (χ3v) is 5.81. The molecule has 0 aliphatic carbocycles. The fourth-order valence-electron chi connectivity index (χ4n) is 2.75. The highest BCUT2D eigenvalue weighted by atomic mass is 35.5. The topological polar surface area (TPSA) is 58.6 Å². The lowest BCUT2D eigenvalue weighted by molar-refractivity contribution is 0.184. The van der Waals surface area contributed by atoms with E-state index in [1.54, 1.807) is 29.6 Å². The predicted molar refractivity (Wildman–Crippen MR) is 89.8 cm³/mol. The first-order chi connectivity index (χ1) is 10.1. The Kier molecular flexibility index (Phi) is 7.79. The summed E-state index contributed by atoms with van der Waals surface area (Å²) in [5.74, 6) is 0.571. The van der Waals surface area contributed by atoms with Gasteiger partial charge in [0, 0.05) is 20.2 Å². The Morgan fingerprint density at radius 2 is 2.00 bits per heavy atom. The molecule has 7 heteroatoms. The van der Waals surface area contributed by atoms with Gasteiger partial charge < -0.3 is 10.1 Å². The predicted octanol–water partition coefficient (Wildman–Crippen LogP) is 1.87. The third-order valence-electron chi connectivity index (χ3n) is 3.91. The molecule has 0 saturated carbocycles. The van der Waals surface area contributed by atoms with Gasteiger partial charge in [0.1, 0.15) is 0 Å². The molecule has 5 nitrogen and oxygen atoms in total. The summed E-state index contributed by atoms with van der Waals surface area (Å²) in [5.41, 5.74) is 0.878. The van der Waals surface area contributed by atoms with Crippen LogP contribution in [0, 0.1) is 5.92 Å². The van der Waals surface area contributed by atoms with Gasteiger partial charge in [-0.1, -0.05) is 12.1 Å². The van der Waals surface area contributed by atoms with Crippen LogP contribution in [0.4, 0.5) is 0 Å². The van der Waals surface area contributed by atoms with Crippen LogP contribution in [0.25, 0.3) is 0 Å². The van der Waals surface area contributed by atoms with Gasteiger partial charge in [0.15, 0.2) is 0 Å². The highest BCUT2D eigenvalue weighted by Crippen LogP contribution is 2.24. The molecular weight excluding hydrogens is 324 g/mol. The second kappa shape index (κ2) is 8.84. The highest BCUT2D eigenvalue weighted by Gasteiger charge is 2.29. The van der Waals surface area contributed by atoms with Crippen LogP contribution in [-0.4, -0.2) is 46.5 Å². The molecule has 1 heterocycles. The number of hydrogen-bond acceptors (Lipinski definition) is 4. The van der Waals surface area contributed by atoms with Crippen molar-refractivity contribution in [3.8, 4) is 0 Å². The van der Waals surface area contributed by atoms with Crippen LogP contribution < -0.4 is 5.32 Å². The molecule has 0 spiro atoms. The fraction of sp³-hybridized carbons (Fsp3) is 0.600. The van der Waals surface area contributed by atoms with Crippen molar-refractivity contribution >= 4 is 22.4 Å². The minimum atomic E-state index is -3.38. The lowest BCUT2D eigenvalue weighted by Crippen LogP contribution is -2.40. The van der Waals surface area contributed by atoms with Gasteiger partial charge in [0.2, 0.25) is 10.0 Å². The molecule has 0 radical (unpaired) electrons. The van der Waals surface area contributed by atoms with Crippen LogP contribution in [0.2, 0.25) is 0 Å². The second-order valence-corrected chi connectivity index (χ2v) is 7.42. The molecule has 0 atom stereocenters. The Bertz CT molecular complexity index is 558. The molecule has 0 bridgehead atoms. The van der Waals surface area contributed by atoms with Crippen LogP contribution in [0.15, 0.2) is 29.2 Å². The summed E-state index contributed by atoms with van der Waals surface area (Å²) in [4.78, 5) is 0.365. The molecule has 0 amide bonds. The SMILES string of the molecule is CNCC1CCN(S(=O)(=O)c2cccc(COC)c2)CC1.Cl. The van der Waals surface area contributed by atoms with Crippen LogP contribution in [0.3, 0.4) is 0 Å². The van der Waals surface area contributed by atoms with Gasteiger partial charge in [-0.2, -0.15) is 4.31 Å². The molecule has 1 aromatic rings. The minimum absolute atomic E-state index is 0. The molecule has 1 aliphatic heterocycles. The van der Waals surface area contributed by atoms with Gasteiger partial charge in [-0.25, -0.2) is 8.42 Å². The number of benzene rings is 1. The van der Waals surface area contributed by atoms with Gasteiger partial charge in [-0.15, -0.1) is 12.4 Å². The van der Waals surface area contributed by atoms with E-state index in [0.29, 0.717) is 30.5 Å². The number of halogens is 1. The zero-order chi connectivity index (χ0) is 15.3. The van der Waals surface area contributed by atoms with Crippen molar-refractivity contribution in [3.05, 3.63) is 29.8 Å². The quantitative estimate of drug-likeness (QED) is 0.852. The molecule has 2 rings (SSSR count). The van der Waals surface area contributed by atoms with Crippen molar-refractivity contribution in [1.82, 2.24) is 9.62 Å².